The summed E-state index contributed by atoms with van der Waals surface area (Å²) in [6.07, 6.45) is 2.33. The lowest BCUT2D eigenvalue weighted by atomic mass is 10.1. The second-order valence-corrected chi connectivity index (χ2v) is 5.86. The van der Waals surface area contributed by atoms with Gasteiger partial charge in [0, 0.05) is 44.6 Å². The highest BCUT2D eigenvalue weighted by Gasteiger charge is 2.27. The number of aryl methyl sites for hydroxylation is 1. The molecule has 0 N–H and O–H groups in total. The van der Waals surface area contributed by atoms with Crippen molar-refractivity contribution in [1.82, 2.24) is 24.6 Å². The molecule has 122 valence electrons. The largest absolute Gasteiger partial charge is 0.377 e. The van der Waals surface area contributed by atoms with Gasteiger partial charge in [0.25, 0.3) is 5.91 Å². The van der Waals surface area contributed by atoms with Gasteiger partial charge in [0.15, 0.2) is 5.82 Å². The summed E-state index contributed by atoms with van der Waals surface area (Å²) >= 11 is 0. The first-order valence-corrected chi connectivity index (χ1v) is 7.73. The minimum absolute atomic E-state index is 0.0111. The maximum absolute atomic E-state index is 12.8. The predicted octanol–water partition coefficient (Wildman–Crippen LogP) is 1.21. The number of ether oxygens (including phenoxy) is 1. The van der Waals surface area contributed by atoms with Gasteiger partial charge >= 0.3 is 0 Å². The molecule has 1 aliphatic heterocycles. The highest BCUT2D eigenvalue weighted by Crippen LogP contribution is 2.17. The second kappa shape index (κ2) is 6.45. The van der Waals surface area contributed by atoms with Crippen molar-refractivity contribution in [2.24, 2.45) is 0 Å². The number of carbonyl (C=O) groups is 1. The molecule has 3 heterocycles. The zero-order chi connectivity index (χ0) is 16.4. The van der Waals surface area contributed by atoms with Gasteiger partial charge < -0.3 is 14.2 Å². The van der Waals surface area contributed by atoms with Crippen molar-refractivity contribution in [2.45, 2.75) is 39.5 Å². The smallest absolute Gasteiger partial charge is 0.255 e. The van der Waals surface area contributed by atoms with Gasteiger partial charge in [-0.15, -0.1) is 10.2 Å². The minimum Gasteiger partial charge on any atom is -0.377 e. The molecule has 2 aromatic heterocycles. The average molecular weight is 315 g/mol. The van der Waals surface area contributed by atoms with Crippen LogP contribution >= 0.6 is 0 Å². The topological polar surface area (TPSA) is 73.1 Å². The standard InChI is InChI=1S/C16H21N5O2/c1-11-4-5-13(9-17-11)16(22)20-6-7-21-14(8-12(20)2)18-19-15(21)10-23-3/h4-5,9,12H,6-8,10H2,1-3H3. The number of methoxy groups -OCH3 is 1. The van der Waals surface area contributed by atoms with Crippen LogP contribution in [0.5, 0.6) is 0 Å². The minimum atomic E-state index is 0.0111. The summed E-state index contributed by atoms with van der Waals surface area (Å²) in [5, 5.41) is 8.42. The van der Waals surface area contributed by atoms with Crippen LogP contribution in [0.2, 0.25) is 0 Å². The predicted molar refractivity (Wildman–Crippen MR) is 83.9 cm³/mol. The molecule has 0 fully saturated rings. The molecule has 0 aromatic carbocycles. The normalized spacial score (nSPS) is 17.7. The third-order valence-corrected chi connectivity index (χ3v) is 4.17. The molecule has 0 bridgehead atoms. The van der Waals surface area contributed by atoms with E-state index in [1.165, 1.54) is 0 Å². The van der Waals surface area contributed by atoms with E-state index < -0.39 is 0 Å². The molecule has 0 aliphatic carbocycles. The van der Waals surface area contributed by atoms with Crippen LogP contribution in [0, 0.1) is 6.92 Å². The number of aromatic nitrogens is 4. The van der Waals surface area contributed by atoms with E-state index in [4.69, 9.17) is 4.74 Å². The summed E-state index contributed by atoms with van der Waals surface area (Å²) in [6, 6.07) is 3.75. The summed E-state index contributed by atoms with van der Waals surface area (Å²) in [6.45, 7) is 5.68. The number of fused-ring (bicyclic) bond motifs is 1. The van der Waals surface area contributed by atoms with Crippen LogP contribution in [-0.4, -0.2) is 50.3 Å². The Morgan fingerprint density at radius 1 is 1.35 bits per heavy atom. The van der Waals surface area contributed by atoms with Crippen molar-refractivity contribution in [2.75, 3.05) is 13.7 Å². The van der Waals surface area contributed by atoms with Gasteiger partial charge in [0.05, 0.1) is 5.56 Å². The molecule has 0 saturated carbocycles. The Balaban J connectivity index is 1.81. The molecule has 1 amide bonds. The molecule has 0 saturated heterocycles. The third-order valence-electron chi connectivity index (χ3n) is 4.17. The van der Waals surface area contributed by atoms with Crippen LogP contribution in [0.3, 0.4) is 0 Å². The van der Waals surface area contributed by atoms with Crippen LogP contribution in [0.25, 0.3) is 0 Å². The number of hydrogen-bond acceptors (Lipinski definition) is 5. The van der Waals surface area contributed by atoms with Crippen LogP contribution in [-0.2, 0) is 24.3 Å². The molecule has 0 spiro atoms. The van der Waals surface area contributed by atoms with Gasteiger partial charge in [-0.3, -0.25) is 9.78 Å². The number of nitrogens with zero attached hydrogens (tertiary/aromatic N) is 5. The molecule has 3 rings (SSSR count). The second-order valence-electron chi connectivity index (χ2n) is 5.86. The molecule has 23 heavy (non-hydrogen) atoms. The van der Waals surface area contributed by atoms with Gasteiger partial charge in [-0.2, -0.15) is 0 Å². The van der Waals surface area contributed by atoms with Gasteiger partial charge in [0.2, 0.25) is 0 Å². The van der Waals surface area contributed by atoms with Crippen LogP contribution in [0.15, 0.2) is 18.3 Å². The molecular formula is C16H21N5O2. The Hall–Kier alpha value is -2.28. The fourth-order valence-electron chi connectivity index (χ4n) is 2.88. The van der Waals surface area contributed by atoms with Crippen LogP contribution in [0.1, 0.15) is 34.6 Å². The number of amides is 1. The van der Waals surface area contributed by atoms with Crippen molar-refractivity contribution in [3.63, 3.8) is 0 Å². The number of rotatable bonds is 3. The summed E-state index contributed by atoms with van der Waals surface area (Å²) in [4.78, 5) is 18.9. The first-order valence-electron chi connectivity index (χ1n) is 7.73. The van der Waals surface area contributed by atoms with Crippen molar-refractivity contribution in [3.05, 3.63) is 41.2 Å². The highest BCUT2D eigenvalue weighted by atomic mass is 16.5. The maximum atomic E-state index is 12.8. The molecular weight excluding hydrogens is 294 g/mol. The molecule has 1 unspecified atom stereocenters. The van der Waals surface area contributed by atoms with Gasteiger partial charge in [-0.1, -0.05) is 0 Å². The monoisotopic (exact) mass is 315 g/mol. The number of carbonyl (C=O) groups excluding carboxylic acids is 1. The fourth-order valence-corrected chi connectivity index (χ4v) is 2.88. The SMILES string of the molecule is COCc1nnc2n1CCN(C(=O)c1ccc(C)nc1)C(C)C2. The number of pyridine rings is 1. The Bertz CT molecular complexity index is 695. The van der Waals surface area contributed by atoms with E-state index in [1.54, 1.807) is 13.3 Å². The lowest BCUT2D eigenvalue weighted by Gasteiger charge is -2.26. The van der Waals surface area contributed by atoms with Crippen molar-refractivity contribution in [3.8, 4) is 0 Å². The van der Waals surface area contributed by atoms with Crippen LogP contribution < -0.4 is 0 Å². The third kappa shape index (κ3) is 3.10. The van der Waals surface area contributed by atoms with Crippen molar-refractivity contribution >= 4 is 5.91 Å². The molecule has 1 aliphatic rings. The van der Waals surface area contributed by atoms with Gasteiger partial charge in [0.1, 0.15) is 12.4 Å². The van der Waals surface area contributed by atoms with E-state index in [1.807, 2.05) is 30.9 Å². The Morgan fingerprint density at radius 3 is 2.87 bits per heavy atom. The van der Waals surface area contributed by atoms with Crippen molar-refractivity contribution < 1.29 is 9.53 Å². The summed E-state index contributed by atoms with van der Waals surface area (Å²) < 4.78 is 7.22. The zero-order valence-corrected chi connectivity index (χ0v) is 13.7. The highest BCUT2D eigenvalue weighted by molar-refractivity contribution is 5.94. The Kier molecular flexibility index (Phi) is 4.38. The van der Waals surface area contributed by atoms with E-state index in [2.05, 4.69) is 19.7 Å². The zero-order valence-electron chi connectivity index (χ0n) is 13.7. The van der Waals surface area contributed by atoms with Crippen LogP contribution in [0.4, 0.5) is 0 Å². The first kappa shape index (κ1) is 15.6. The van der Waals surface area contributed by atoms with E-state index in [-0.39, 0.29) is 11.9 Å². The van der Waals surface area contributed by atoms with E-state index in [0.717, 1.165) is 17.3 Å². The quantitative estimate of drug-likeness (QED) is 0.851. The number of hydrogen-bond donors (Lipinski definition) is 0. The molecule has 7 heteroatoms. The summed E-state index contributed by atoms with van der Waals surface area (Å²) in [5.41, 5.74) is 1.53. The molecule has 2 aromatic rings. The maximum Gasteiger partial charge on any atom is 0.255 e. The summed E-state index contributed by atoms with van der Waals surface area (Å²) in [5.74, 6) is 1.72. The molecule has 0 radical (unpaired) electrons. The average Bonchev–Trinajstić information content (AvgIpc) is 2.82. The fraction of sp³-hybridized carbons (Fsp3) is 0.500. The Labute approximate surface area is 135 Å². The van der Waals surface area contributed by atoms with Crippen molar-refractivity contribution in [1.29, 1.82) is 0 Å². The van der Waals surface area contributed by atoms with E-state index >= 15 is 0 Å². The molecule has 1 atom stereocenters. The van der Waals surface area contributed by atoms with E-state index in [9.17, 15) is 4.79 Å². The van der Waals surface area contributed by atoms with Gasteiger partial charge in [-0.25, -0.2) is 0 Å². The summed E-state index contributed by atoms with van der Waals surface area (Å²) in [7, 11) is 1.64. The Morgan fingerprint density at radius 2 is 2.17 bits per heavy atom. The first-order chi connectivity index (χ1) is 11.1. The lowest BCUT2D eigenvalue weighted by molar-refractivity contribution is 0.0694. The van der Waals surface area contributed by atoms with Gasteiger partial charge in [-0.05, 0) is 26.0 Å². The van der Waals surface area contributed by atoms with E-state index in [0.29, 0.717) is 31.7 Å². The lowest BCUT2D eigenvalue weighted by Crippen LogP contribution is -2.40. The molecule has 7 nitrogen and oxygen atoms in total.